The Morgan fingerprint density at radius 2 is 1.71 bits per heavy atom. The number of carboxylic acids is 1. The van der Waals surface area contributed by atoms with Crippen LogP contribution >= 0.6 is 0 Å². The number of hydrogen-bond donors (Lipinski definition) is 1. The summed E-state index contributed by atoms with van der Waals surface area (Å²) in [6.07, 6.45) is 7.57. The summed E-state index contributed by atoms with van der Waals surface area (Å²) in [5, 5.41) is 8.83. The largest absolute Gasteiger partial charge is 0.480 e. The monoisotopic (exact) mass is 243 g/mol. The number of carbonyl (C=O) groups is 1. The van der Waals surface area contributed by atoms with E-state index in [1.165, 1.54) is 32.1 Å². The lowest BCUT2D eigenvalue weighted by Gasteiger charge is -2.22. The van der Waals surface area contributed by atoms with Gasteiger partial charge in [-0.2, -0.15) is 0 Å². The van der Waals surface area contributed by atoms with Gasteiger partial charge < -0.3 is 5.11 Å². The SMILES string of the molecule is CCCCCCCCN(CC(=O)O)CC(C)C. The van der Waals surface area contributed by atoms with Crippen molar-refractivity contribution in [3.05, 3.63) is 0 Å². The molecule has 0 atom stereocenters. The van der Waals surface area contributed by atoms with E-state index < -0.39 is 5.97 Å². The summed E-state index contributed by atoms with van der Waals surface area (Å²) in [5.41, 5.74) is 0. The van der Waals surface area contributed by atoms with E-state index >= 15 is 0 Å². The molecule has 0 spiro atoms. The molecule has 0 aliphatic heterocycles. The molecule has 3 nitrogen and oxygen atoms in total. The predicted molar refractivity (Wildman–Crippen MR) is 72.3 cm³/mol. The molecule has 0 aliphatic rings. The van der Waals surface area contributed by atoms with Crippen LogP contribution in [0.25, 0.3) is 0 Å². The molecule has 0 aromatic heterocycles. The average molecular weight is 243 g/mol. The third-order valence-corrected chi connectivity index (χ3v) is 2.81. The third kappa shape index (κ3) is 11.7. The minimum atomic E-state index is -0.711. The normalized spacial score (nSPS) is 11.4. The zero-order chi connectivity index (χ0) is 13.1. The lowest BCUT2D eigenvalue weighted by Crippen LogP contribution is -2.33. The van der Waals surface area contributed by atoms with Crippen LogP contribution in [0, 0.1) is 5.92 Å². The van der Waals surface area contributed by atoms with E-state index in [9.17, 15) is 4.79 Å². The maximum absolute atomic E-state index is 10.7. The van der Waals surface area contributed by atoms with E-state index in [1.807, 2.05) is 0 Å². The number of nitrogens with zero attached hydrogens (tertiary/aromatic N) is 1. The molecule has 0 aromatic rings. The van der Waals surface area contributed by atoms with Gasteiger partial charge in [0.1, 0.15) is 0 Å². The smallest absolute Gasteiger partial charge is 0.317 e. The first-order valence-electron chi connectivity index (χ1n) is 7.00. The molecule has 0 bridgehead atoms. The summed E-state index contributed by atoms with van der Waals surface area (Å²) < 4.78 is 0. The Morgan fingerprint density at radius 1 is 1.12 bits per heavy atom. The molecule has 0 unspecified atom stereocenters. The molecule has 0 saturated carbocycles. The Balaban J connectivity index is 3.64. The molecule has 0 aliphatic carbocycles. The van der Waals surface area contributed by atoms with E-state index in [2.05, 4.69) is 25.7 Å². The maximum Gasteiger partial charge on any atom is 0.317 e. The molecular weight excluding hydrogens is 214 g/mol. The fourth-order valence-electron chi connectivity index (χ4n) is 2.06. The van der Waals surface area contributed by atoms with Crippen LogP contribution in [-0.4, -0.2) is 35.6 Å². The fraction of sp³-hybridized carbons (Fsp3) is 0.929. The zero-order valence-corrected chi connectivity index (χ0v) is 11.7. The first kappa shape index (κ1) is 16.4. The van der Waals surface area contributed by atoms with Gasteiger partial charge in [-0.15, -0.1) is 0 Å². The summed E-state index contributed by atoms with van der Waals surface area (Å²) >= 11 is 0. The summed E-state index contributed by atoms with van der Waals surface area (Å²) in [6.45, 7) is 8.49. The van der Waals surface area contributed by atoms with Crippen molar-refractivity contribution in [3.8, 4) is 0 Å². The fourth-order valence-corrected chi connectivity index (χ4v) is 2.06. The average Bonchev–Trinajstić information content (AvgIpc) is 2.21. The van der Waals surface area contributed by atoms with Gasteiger partial charge in [-0.05, 0) is 18.9 Å². The lowest BCUT2D eigenvalue weighted by molar-refractivity contribution is -0.138. The van der Waals surface area contributed by atoms with Crippen molar-refractivity contribution in [1.82, 2.24) is 4.90 Å². The number of hydrogen-bond acceptors (Lipinski definition) is 2. The predicted octanol–water partition coefficient (Wildman–Crippen LogP) is 3.39. The van der Waals surface area contributed by atoms with Crippen molar-refractivity contribution in [2.24, 2.45) is 5.92 Å². The first-order chi connectivity index (χ1) is 8.06. The number of carboxylic acid groups (broad SMARTS) is 1. The van der Waals surface area contributed by atoms with Gasteiger partial charge in [-0.25, -0.2) is 0 Å². The van der Waals surface area contributed by atoms with E-state index in [4.69, 9.17) is 5.11 Å². The molecule has 0 radical (unpaired) electrons. The Hall–Kier alpha value is -0.570. The van der Waals surface area contributed by atoms with Crippen molar-refractivity contribution in [1.29, 1.82) is 0 Å². The van der Waals surface area contributed by atoms with Crippen molar-refractivity contribution >= 4 is 5.97 Å². The van der Waals surface area contributed by atoms with Crippen molar-refractivity contribution in [2.75, 3.05) is 19.6 Å². The van der Waals surface area contributed by atoms with E-state index in [1.54, 1.807) is 0 Å². The highest BCUT2D eigenvalue weighted by molar-refractivity contribution is 5.69. The molecule has 0 amide bonds. The molecule has 3 heteroatoms. The van der Waals surface area contributed by atoms with Gasteiger partial charge in [0.05, 0.1) is 6.54 Å². The molecule has 0 fully saturated rings. The number of rotatable bonds is 11. The molecule has 1 N–H and O–H groups in total. The molecule has 17 heavy (non-hydrogen) atoms. The Morgan fingerprint density at radius 3 is 2.24 bits per heavy atom. The molecule has 102 valence electrons. The highest BCUT2D eigenvalue weighted by Crippen LogP contribution is 2.07. The van der Waals surface area contributed by atoms with Gasteiger partial charge in [-0.1, -0.05) is 52.9 Å². The van der Waals surface area contributed by atoms with Crippen LogP contribution in [-0.2, 0) is 4.79 Å². The molecule has 0 rings (SSSR count). The van der Waals surface area contributed by atoms with Crippen LogP contribution in [0.1, 0.15) is 59.3 Å². The van der Waals surface area contributed by atoms with E-state index in [0.29, 0.717) is 5.92 Å². The standard InChI is InChI=1S/C14H29NO2/c1-4-5-6-7-8-9-10-15(11-13(2)3)12-14(16)17/h13H,4-12H2,1-3H3,(H,16,17). The summed E-state index contributed by atoms with van der Waals surface area (Å²) in [6, 6.07) is 0. The lowest BCUT2D eigenvalue weighted by atomic mass is 10.1. The van der Waals surface area contributed by atoms with Crippen molar-refractivity contribution in [2.45, 2.75) is 59.3 Å². The topological polar surface area (TPSA) is 40.5 Å². The van der Waals surface area contributed by atoms with Crippen LogP contribution < -0.4 is 0 Å². The van der Waals surface area contributed by atoms with Crippen LogP contribution in [0.3, 0.4) is 0 Å². The molecule has 0 aromatic carbocycles. The molecular formula is C14H29NO2. The second kappa shape index (κ2) is 10.6. The summed E-state index contributed by atoms with van der Waals surface area (Å²) in [4.78, 5) is 12.8. The Kier molecular flexibility index (Phi) is 10.2. The summed E-state index contributed by atoms with van der Waals surface area (Å²) in [5.74, 6) is -0.175. The van der Waals surface area contributed by atoms with E-state index in [0.717, 1.165) is 19.5 Å². The zero-order valence-electron chi connectivity index (χ0n) is 11.7. The second-order valence-corrected chi connectivity index (χ2v) is 5.29. The minimum absolute atomic E-state index is 0.188. The van der Waals surface area contributed by atoms with Gasteiger partial charge in [0.15, 0.2) is 0 Å². The van der Waals surface area contributed by atoms with Gasteiger partial charge >= 0.3 is 5.97 Å². The van der Waals surface area contributed by atoms with Crippen LogP contribution in [0.4, 0.5) is 0 Å². The number of unbranched alkanes of at least 4 members (excludes halogenated alkanes) is 5. The van der Waals surface area contributed by atoms with Crippen molar-refractivity contribution in [3.63, 3.8) is 0 Å². The quantitative estimate of drug-likeness (QED) is 0.565. The van der Waals surface area contributed by atoms with Gasteiger partial charge in [0, 0.05) is 6.54 Å². The second-order valence-electron chi connectivity index (χ2n) is 5.29. The van der Waals surface area contributed by atoms with Gasteiger partial charge in [-0.3, -0.25) is 9.69 Å². The van der Waals surface area contributed by atoms with E-state index in [-0.39, 0.29) is 6.54 Å². The third-order valence-electron chi connectivity index (χ3n) is 2.81. The van der Waals surface area contributed by atoms with Crippen molar-refractivity contribution < 1.29 is 9.90 Å². The Labute approximate surface area is 106 Å². The van der Waals surface area contributed by atoms with Crippen LogP contribution in [0.15, 0.2) is 0 Å². The highest BCUT2D eigenvalue weighted by atomic mass is 16.4. The Bertz CT molecular complexity index is 193. The number of aliphatic carboxylic acids is 1. The van der Waals surface area contributed by atoms with Gasteiger partial charge in [0.25, 0.3) is 0 Å². The highest BCUT2D eigenvalue weighted by Gasteiger charge is 2.10. The molecule has 0 saturated heterocycles. The molecule has 0 heterocycles. The first-order valence-corrected chi connectivity index (χ1v) is 7.00. The minimum Gasteiger partial charge on any atom is -0.480 e. The maximum atomic E-state index is 10.7. The van der Waals surface area contributed by atoms with Crippen LogP contribution in [0.2, 0.25) is 0 Å². The summed E-state index contributed by atoms with van der Waals surface area (Å²) in [7, 11) is 0. The van der Waals surface area contributed by atoms with Crippen LogP contribution in [0.5, 0.6) is 0 Å². The van der Waals surface area contributed by atoms with Gasteiger partial charge in [0.2, 0.25) is 0 Å².